The Hall–Kier alpha value is -0.650. The monoisotopic (exact) mass is 299 g/mol. The zero-order valence-corrected chi connectivity index (χ0v) is 14.1. The van der Waals surface area contributed by atoms with Crippen LogP contribution in [0.2, 0.25) is 0 Å². The largest absolute Gasteiger partial charge is 0.364 e. The van der Waals surface area contributed by atoms with Gasteiger partial charge in [0.1, 0.15) is 6.10 Å². The van der Waals surface area contributed by atoms with Crippen LogP contribution in [-0.2, 0) is 9.53 Å². The Morgan fingerprint density at radius 3 is 2.48 bits per heavy atom. The highest BCUT2D eigenvalue weighted by Gasteiger charge is 2.30. The van der Waals surface area contributed by atoms with Crippen molar-refractivity contribution in [2.45, 2.75) is 65.2 Å². The number of rotatable bonds is 9. The number of ether oxygens (including phenoxy) is 1. The van der Waals surface area contributed by atoms with Gasteiger partial charge in [0, 0.05) is 19.1 Å². The molecular formula is C16H33N3O2. The second-order valence-electron chi connectivity index (χ2n) is 6.31. The first-order valence-corrected chi connectivity index (χ1v) is 8.39. The van der Waals surface area contributed by atoms with Crippen molar-refractivity contribution in [1.29, 1.82) is 0 Å². The highest BCUT2D eigenvalue weighted by atomic mass is 16.5. The number of nitrogens with two attached hydrogens (primary N) is 1. The van der Waals surface area contributed by atoms with Crippen LogP contribution in [0.25, 0.3) is 0 Å². The third-order valence-electron chi connectivity index (χ3n) is 4.25. The Morgan fingerprint density at radius 2 is 2.00 bits per heavy atom. The predicted molar refractivity (Wildman–Crippen MR) is 86.1 cm³/mol. The van der Waals surface area contributed by atoms with Crippen LogP contribution in [0.4, 0.5) is 0 Å². The van der Waals surface area contributed by atoms with Crippen molar-refractivity contribution >= 4 is 5.91 Å². The molecule has 124 valence electrons. The van der Waals surface area contributed by atoms with Crippen molar-refractivity contribution in [3.8, 4) is 0 Å². The second kappa shape index (κ2) is 9.38. The van der Waals surface area contributed by atoms with Crippen molar-refractivity contribution in [3.63, 3.8) is 0 Å². The minimum absolute atomic E-state index is 0.0202. The van der Waals surface area contributed by atoms with E-state index in [4.69, 9.17) is 10.5 Å². The maximum absolute atomic E-state index is 12.2. The minimum Gasteiger partial charge on any atom is -0.364 e. The zero-order chi connectivity index (χ0) is 15.8. The molecule has 0 bridgehead atoms. The molecule has 1 aliphatic rings. The number of carbonyl (C=O) groups is 1. The lowest BCUT2D eigenvalue weighted by Crippen LogP contribution is -2.46. The van der Waals surface area contributed by atoms with Crippen LogP contribution < -0.4 is 11.1 Å². The maximum Gasteiger partial charge on any atom is 0.249 e. The lowest BCUT2D eigenvalue weighted by atomic mass is 10.0. The summed E-state index contributed by atoms with van der Waals surface area (Å²) in [5.41, 5.74) is 5.59. The van der Waals surface area contributed by atoms with Crippen LogP contribution in [-0.4, -0.2) is 55.2 Å². The molecule has 1 unspecified atom stereocenters. The summed E-state index contributed by atoms with van der Waals surface area (Å²) in [5, 5.41) is 3.08. The molecule has 0 aliphatic carbocycles. The number of nitrogens with one attached hydrogen (secondary N) is 1. The van der Waals surface area contributed by atoms with E-state index >= 15 is 0 Å². The van der Waals surface area contributed by atoms with Crippen LogP contribution in [0.5, 0.6) is 0 Å². The predicted octanol–water partition coefficient (Wildman–Crippen LogP) is 1.37. The van der Waals surface area contributed by atoms with E-state index < -0.39 is 0 Å². The number of likely N-dealkylation sites (N-methyl/N-ethyl adjacent to an activating group) is 1. The van der Waals surface area contributed by atoms with Crippen LogP contribution in [0.3, 0.4) is 0 Å². The van der Waals surface area contributed by atoms with Gasteiger partial charge in [0.2, 0.25) is 5.91 Å². The highest BCUT2D eigenvalue weighted by molar-refractivity contribution is 5.81. The van der Waals surface area contributed by atoms with E-state index in [0.29, 0.717) is 25.0 Å². The Morgan fingerprint density at radius 1 is 1.33 bits per heavy atom. The Bertz CT molecular complexity index is 306. The molecule has 5 nitrogen and oxygen atoms in total. The SMILES string of the molecule is CCN(CC)C(CNC(=O)[C@@H]1CC[C@H](CN)O1)CC(C)C. The molecule has 5 heteroatoms. The molecule has 0 aromatic rings. The van der Waals surface area contributed by atoms with Crippen molar-refractivity contribution in [2.24, 2.45) is 11.7 Å². The zero-order valence-electron chi connectivity index (χ0n) is 14.1. The normalized spacial score (nSPS) is 23.8. The Labute approximate surface area is 129 Å². The first kappa shape index (κ1) is 18.4. The van der Waals surface area contributed by atoms with Gasteiger partial charge in [-0.25, -0.2) is 0 Å². The Kier molecular flexibility index (Phi) is 8.22. The smallest absolute Gasteiger partial charge is 0.249 e. The van der Waals surface area contributed by atoms with Gasteiger partial charge in [0.25, 0.3) is 0 Å². The van der Waals surface area contributed by atoms with Gasteiger partial charge in [-0.15, -0.1) is 0 Å². The van der Waals surface area contributed by atoms with Crippen molar-refractivity contribution in [1.82, 2.24) is 10.2 Å². The third-order valence-corrected chi connectivity index (χ3v) is 4.25. The van der Waals surface area contributed by atoms with E-state index in [2.05, 4.69) is 37.9 Å². The molecule has 21 heavy (non-hydrogen) atoms. The van der Waals surface area contributed by atoms with Crippen LogP contribution in [0.1, 0.15) is 47.0 Å². The first-order chi connectivity index (χ1) is 10.0. The second-order valence-corrected chi connectivity index (χ2v) is 6.31. The fourth-order valence-corrected chi connectivity index (χ4v) is 3.05. The van der Waals surface area contributed by atoms with Crippen molar-refractivity contribution in [2.75, 3.05) is 26.2 Å². The van der Waals surface area contributed by atoms with Crippen LogP contribution in [0.15, 0.2) is 0 Å². The highest BCUT2D eigenvalue weighted by Crippen LogP contribution is 2.19. The van der Waals surface area contributed by atoms with Crippen LogP contribution >= 0.6 is 0 Å². The van der Waals surface area contributed by atoms with Gasteiger partial charge in [-0.3, -0.25) is 9.69 Å². The summed E-state index contributed by atoms with van der Waals surface area (Å²) in [6.07, 6.45) is 2.51. The lowest BCUT2D eigenvalue weighted by Gasteiger charge is -2.31. The molecule has 1 amide bonds. The number of nitrogens with zero attached hydrogens (tertiary/aromatic N) is 1. The summed E-state index contributed by atoms with van der Waals surface area (Å²) < 4.78 is 5.65. The fraction of sp³-hybridized carbons (Fsp3) is 0.938. The number of hydrogen-bond donors (Lipinski definition) is 2. The molecule has 0 radical (unpaired) electrons. The van der Waals surface area contributed by atoms with Gasteiger partial charge in [-0.05, 0) is 38.3 Å². The third kappa shape index (κ3) is 5.93. The average Bonchev–Trinajstić information content (AvgIpc) is 2.94. The molecule has 0 aromatic heterocycles. The summed E-state index contributed by atoms with van der Waals surface area (Å²) in [6.45, 7) is 12.0. The lowest BCUT2D eigenvalue weighted by molar-refractivity contribution is -0.132. The van der Waals surface area contributed by atoms with E-state index in [9.17, 15) is 4.79 Å². The van der Waals surface area contributed by atoms with E-state index in [1.807, 2.05) is 0 Å². The van der Waals surface area contributed by atoms with Gasteiger partial charge in [0.15, 0.2) is 0 Å². The summed E-state index contributed by atoms with van der Waals surface area (Å²) in [6, 6.07) is 0.399. The fourth-order valence-electron chi connectivity index (χ4n) is 3.05. The molecule has 3 atom stereocenters. The minimum atomic E-state index is -0.310. The topological polar surface area (TPSA) is 67.6 Å². The number of carbonyl (C=O) groups excluding carboxylic acids is 1. The molecule has 1 fully saturated rings. The number of hydrogen-bond acceptors (Lipinski definition) is 4. The molecule has 0 spiro atoms. The maximum atomic E-state index is 12.2. The number of amides is 1. The van der Waals surface area contributed by atoms with Gasteiger partial charge in [0.05, 0.1) is 6.10 Å². The quantitative estimate of drug-likeness (QED) is 0.675. The Balaban J connectivity index is 2.46. The molecule has 3 N–H and O–H groups in total. The van der Waals surface area contributed by atoms with Gasteiger partial charge in [-0.2, -0.15) is 0 Å². The summed E-state index contributed by atoms with van der Waals surface area (Å²) in [5.74, 6) is 0.642. The van der Waals surface area contributed by atoms with E-state index in [1.54, 1.807) is 0 Å². The van der Waals surface area contributed by atoms with E-state index in [-0.39, 0.29) is 18.1 Å². The summed E-state index contributed by atoms with van der Waals surface area (Å²) in [7, 11) is 0. The molecule has 0 aromatic carbocycles. The first-order valence-electron chi connectivity index (χ1n) is 8.39. The molecule has 1 saturated heterocycles. The standard InChI is InChI=1S/C16H33N3O2/c1-5-19(6-2)13(9-12(3)4)11-18-16(20)15-8-7-14(10-17)21-15/h12-15H,5-11,17H2,1-4H3,(H,18,20)/t13?,14-,15+/m1/s1. The molecule has 1 aliphatic heterocycles. The van der Waals surface area contributed by atoms with Crippen molar-refractivity contribution < 1.29 is 9.53 Å². The van der Waals surface area contributed by atoms with E-state index in [1.165, 1.54) is 0 Å². The summed E-state index contributed by atoms with van der Waals surface area (Å²) in [4.78, 5) is 14.6. The van der Waals surface area contributed by atoms with E-state index in [0.717, 1.165) is 32.4 Å². The molecular weight excluding hydrogens is 266 g/mol. The van der Waals surface area contributed by atoms with Gasteiger partial charge < -0.3 is 15.8 Å². The summed E-state index contributed by atoms with van der Waals surface area (Å²) >= 11 is 0. The molecule has 0 saturated carbocycles. The molecule has 1 rings (SSSR count). The van der Waals surface area contributed by atoms with Crippen molar-refractivity contribution in [3.05, 3.63) is 0 Å². The van der Waals surface area contributed by atoms with Gasteiger partial charge >= 0.3 is 0 Å². The average molecular weight is 299 g/mol. The van der Waals surface area contributed by atoms with Gasteiger partial charge in [-0.1, -0.05) is 27.7 Å². The molecule has 1 heterocycles. The van der Waals surface area contributed by atoms with Crippen LogP contribution in [0, 0.1) is 5.92 Å².